The highest BCUT2D eigenvalue weighted by Gasteiger charge is 2.19. The molecule has 0 spiro atoms. The van der Waals surface area contributed by atoms with E-state index in [0.717, 1.165) is 5.69 Å². The fraction of sp³-hybridized carbons (Fsp3) is 0.222. The van der Waals surface area contributed by atoms with E-state index < -0.39 is 0 Å². The summed E-state index contributed by atoms with van der Waals surface area (Å²) in [4.78, 5) is 25.4. The molecule has 0 bridgehead atoms. The van der Waals surface area contributed by atoms with Crippen LogP contribution in [0.15, 0.2) is 48.5 Å². The molecule has 2 aromatic rings. The predicted molar refractivity (Wildman–Crippen MR) is 95.2 cm³/mol. The van der Waals surface area contributed by atoms with Gasteiger partial charge in [0.05, 0.1) is 6.61 Å². The minimum atomic E-state index is -0.273. The summed E-state index contributed by atoms with van der Waals surface area (Å²) in [6, 6.07) is 13.9. The first-order valence-electron chi connectivity index (χ1n) is 7.78. The number of nitrogens with zero attached hydrogens (tertiary/aromatic N) is 1. The molecule has 0 unspecified atom stereocenters. The van der Waals surface area contributed by atoms with Crippen LogP contribution in [0.5, 0.6) is 5.75 Å². The number of carbonyl (C=O) groups is 2. The van der Waals surface area contributed by atoms with Crippen molar-refractivity contribution in [2.45, 2.75) is 0 Å². The van der Waals surface area contributed by atoms with Crippen molar-refractivity contribution >= 4 is 34.8 Å². The van der Waals surface area contributed by atoms with Crippen LogP contribution in [0.25, 0.3) is 0 Å². The van der Waals surface area contributed by atoms with Crippen LogP contribution in [0.2, 0.25) is 5.02 Å². The van der Waals surface area contributed by atoms with Gasteiger partial charge in [0.2, 0.25) is 0 Å². The van der Waals surface area contributed by atoms with Gasteiger partial charge in [-0.3, -0.25) is 9.59 Å². The van der Waals surface area contributed by atoms with Crippen molar-refractivity contribution in [3.8, 4) is 5.75 Å². The van der Waals surface area contributed by atoms with Crippen LogP contribution < -0.4 is 15.0 Å². The molecule has 3 rings (SSSR count). The van der Waals surface area contributed by atoms with Gasteiger partial charge in [0, 0.05) is 22.9 Å². The van der Waals surface area contributed by atoms with E-state index >= 15 is 0 Å². The summed E-state index contributed by atoms with van der Waals surface area (Å²) in [6.45, 7) is 1.04. The average molecular weight is 361 g/mol. The third-order valence-corrected chi connectivity index (χ3v) is 3.88. The SMILES string of the molecule is O=C(COc1ccc(Cl)cc1)Nc1ccc(N2CCOCC2=O)cc1. The molecule has 1 heterocycles. The fourth-order valence-electron chi connectivity index (χ4n) is 2.39. The molecule has 1 saturated heterocycles. The van der Waals surface area contributed by atoms with E-state index in [1.54, 1.807) is 53.4 Å². The van der Waals surface area contributed by atoms with Crippen LogP contribution in [0.4, 0.5) is 11.4 Å². The largest absolute Gasteiger partial charge is 0.484 e. The summed E-state index contributed by atoms with van der Waals surface area (Å²) in [5, 5.41) is 3.35. The number of hydrogen-bond acceptors (Lipinski definition) is 4. The third kappa shape index (κ3) is 4.71. The van der Waals surface area contributed by atoms with E-state index in [0.29, 0.717) is 29.6 Å². The number of benzene rings is 2. The summed E-state index contributed by atoms with van der Waals surface area (Å²) in [7, 11) is 0. The molecule has 1 fully saturated rings. The molecule has 0 saturated carbocycles. The van der Waals surface area contributed by atoms with Crippen LogP contribution in [0.1, 0.15) is 0 Å². The normalized spacial score (nSPS) is 14.3. The number of morpholine rings is 1. The number of anilines is 2. The molecular formula is C18H17ClN2O4. The van der Waals surface area contributed by atoms with Crippen molar-refractivity contribution in [1.82, 2.24) is 0 Å². The van der Waals surface area contributed by atoms with Gasteiger partial charge in [-0.2, -0.15) is 0 Å². The Hall–Kier alpha value is -2.57. The lowest BCUT2D eigenvalue weighted by Crippen LogP contribution is -2.41. The Kier molecular flexibility index (Phi) is 5.53. The summed E-state index contributed by atoms with van der Waals surface area (Å²) >= 11 is 5.79. The molecular weight excluding hydrogens is 344 g/mol. The van der Waals surface area contributed by atoms with Gasteiger partial charge in [-0.25, -0.2) is 0 Å². The van der Waals surface area contributed by atoms with Crippen molar-refractivity contribution in [2.75, 3.05) is 36.6 Å². The van der Waals surface area contributed by atoms with Gasteiger partial charge in [0.1, 0.15) is 12.4 Å². The van der Waals surface area contributed by atoms with Gasteiger partial charge in [0.15, 0.2) is 6.61 Å². The van der Waals surface area contributed by atoms with Crippen LogP contribution in [0, 0.1) is 0 Å². The zero-order valence-electron chi connectivity index (χ0n) is 13.4. The maximum absolute atomic E-state index is 11.9. The van der Waals surface area contributed by atoms with Gasteiger partial charge in [0.25, 0.3) is 11.8 Å². The van der Waals surface area contributed by atoms with Crippen molar-refractivity contribution in [3.63, 3.8) is 0 Å². The summed E-state index contributed by atoms with van der Waals surface area (Å²) in [5.74, 6) is 0.227. The Morgan fingerprint density at radius 2 is 1.88 bits per heavy atom. The summed E-state index contributed by atoms with van der Waals surface area (Å²) in [5.41, 5.74) is 1.41. The van der Waals surface area contributed by atoms with E-state index in [9.17, 15) is 9.59 Å². The van der Waals surface area contributed by atoms with E-state index in [-0.39, 0.29) is 25.0 Å². The maximum atomic E-state index is 11.9. The number of nitrogens with one attached hydrogen (secondary N) is 1. The lowest BCUT2D eigenvalue weighted by molar-refractivity contribution is -0.125. The van der Waals surface area contributed by atoms with Crippen LogP contribution >= 0.6 is 11.6 Å². The van der Waals surface area contributed by atoms with E-state index in [2.05, 4.69) is 5.32 Å². The number of hydrogen-bond donors (Lipinski definition) is 1. The minimum Gasteiger partial charge on any atom is -0.484 e. The number of ether oxygens (including phenoxy) is 2. The van der Waals surface area contributed by atoms with Crippen LogP contribution in [0.3, 0.4) is 0 Å². The van der Waals surface area contributed by atoms with Crippen LogP contribution in [-0.2, 0) is 14.3 Å². The fourth-order valence-corrected chi connectivity index (χ4v) is 2.52. The highest BCUT2D eigenvalue weighted by molar-refractivity contribution is 6.30. The van der Waals surface area contributed by atoms with Gasteiger partial charge >= 0.3 is 0 Å². The summed E-state index contributed by atoms with van der Waals surface area (Å²) < 4.78 is 10.5. The number of amides is 2. The molecule has 2 aromatic carbocycles. The second-order valence-corrected chi connectivity index (χ2v) is 5.87. The van der Waals surface area contributed by atoms with E-state index in [1.165, 1.54) is 0 Å². The van der Waals surface area contributed by atoms with Crippen molar-refractivity contribution in [3.05, 3.63) is 53.6 Å². The highest BCUT2D eigenvalue weighted by Crippen LogP contribution is 2.20. The van der Waals surface area contributed by atoms with E-state index in [1.807, 2.05) is 0 Å². The van der Waals surface area contributed by atoms with Gasteiger partial charge in [-0.15, -0.1) is 0 Å². The molecule has 0 aromatic heterocycles. The molecule has 0 atom stereocenters. The van der Waals surface area contributed by atoms with Crippen molar-refractivity contribution in [1.29, 1.82) is 0 Å². The second kappa shape index (κ2) is 8.00. The maximum Gasteiger partial charge on any atom is 0.262 e. The van der Waals surface area contributed by atoms with Crippen LogP contribution in [-0.4, -0.2) is 38.2 Å². The summed E-state index contributed by atoms with van der Waals surface area (Å²) in [6.07, 6.45) is 0. The first-order chi connectivity index (χ1) is 12.1. The Morgan fingerprint density at radius 3 is 2.56 bits per heavy atom. The molecule has 7 heteroatoms. The third-order valence-electron chi connectivity index (χ3n) is 3.63. The zero-order valence-corrected chi connectivity index (χ0v) is 14.2. The van der Waals surface area contributed by atoms with Gasteiger partial charge in [-0.1, -0.05) is 11.6 Å². The topological polar surface area (TPSA) is 67.9 Å². The van der Waals surface area contributed by atoms with Crippen molar-refractivity contribution < 1.29 is 19.1 Å². The Labute approximate surface area is 150 Å². The minimum absolute atomic E-state index is 0.0700. The second-order valence-electron chi connectivity index (χ2n) is 5.44. The quantitative estimate of drug-likeness (QED) is 0.890. The van der Waals surface area contributed by atoms with Gasteiger partial charge < -0.3 is 19.7 Å². The molecule has 2 amide bonds. The molecule has 0 radical (unpaired) electrons. The molecule has 0 aliphatic carbocycles. The molecule has 1 aliphatic heterocycles. The Balaban J connectivity index is 1.53. The number of halogens is 1. The molecule has 130 valence electrons. The highest BCUT2D eigenvalue weighted by atomic mass is 35.5. The number of carbonyl (C=O) groups excluding carboxylic acids is 2. The average Bonchev–Trinajstić information content (AvgIpc) is 2.62. The molecule has 6 nitrogen and oxygen atoms in total. The van der Waals surface area contributed by atoms with Gasteiger partial charge in [-0.05, 0) is 48.5 Å². The monoisotopic (exact) mass is 360 g/mol. The lowest BCUT2D eigenvalue weighted by Gasteiger charge is -2.26. The first-order valence-corrected chi connectivity index (χ1v) is 8.16. The zero-order chi connectivity index (χ0) is 17.6. The molecule has 25 heavy (non-hydrogen) atoms. The Bertz CT molecular complexity index is 747. The standard InChI is InChI=1S/C18H17ClN2O4/c19-13-1-7-16(8-2-13)25-11-17(22)20-14-3-5-15(6-4-14)21-9-10-24-12-18(21)23/h1-8H,9-12H2,(H,20,22). The van der Waals surface area contributed by atoms with Crippen molar-refractivity contribution in [2.24, 2.45) is 0 Å². The number of rotatable bonds is 5. The molecule has 1 aliphatic rings. The van der Waals surface area contributed by atoms with E-state index in [4.69, 9.17) is 21.1 Å². The lowest BCUT2D eigenvalue weighted by atomic mass is 10.2. The molecule has 1 N–H and O–H groups in total. The smallest absolute Gasteiger partial charge is 0.262 e. The first kappa shape index (κ1) is 17.3. The predicted octanol–water partition coefficient (Wildman–Crippen LogP) is 2.72. The Morgan fingerprint density at radius 1 is 1.16 bits per heavy atom.